The lowest BCUT2D eigenvalue weighted by atomic mass is 10.2. The Morgan fingerprint density at radius 1 is 1.39 bits per heavy atom. The molecular weight excluding hydrogens is 392 g/mol. The van der Waals surface area contributed by atoms with E-state index >= 15 is 0 Å². The van der Waals surface area contributed by atoms with Crippen molar-refractivity contribution in [3.63, 3.8) is 0 Å². The van der Waals surface area contributed by atoms with E-state index in [-0.39, 0.29) is 0 Å². The Bertz CT molecular complexity index is 774. The van der Waals surface area contributed by atoms with Crippen molar-refractivity contribution in [1.29, 1.82) is 0 Å². The molecular formula is C16H19BrN4S2. The van der Waals surface area contributed by atoms with Crippen molar-refractivity contribution in [3.05, 3.63) is 37.1 Å². The molecule has 7 heteroatoms. The summed E-state index contributed by atoms with van der Waals surface area (Å²) < 4.78 is 1.17. The van der Waals surface area contributed by atoms with Gasteiger partial charge in [0, 0.05) is 38.1 Å². The lowest BCUT2D eigenvalue weighted by molar-refractivity contribution is 0.666. The number of halogens is 1. The lowest BCUT2D eigenvalue weighted by Gasteiger charge is -2.05. The maximum atomic E-state index is 4.48. The Morgan fingerprint density at radius 3 is 3.00 bits per heavy atom. The highest BCUT2D eigenvalue weighted by Crippen LogP contribution is 2.33. The zero-order valence-corrected chi connectivity index (χ0v) is 16.1. The predicted octanol–water partition coefficient (Wildman–Crippen LogP) is 4.99. The molecule has 0 amide bonds. The van der Waals surface area contributed by atoms with Gasteiger partial charge in [-0.15, -0.1) is 22.7 Å². The standard InChI is InChI=1S/C16H19BrN4S2/c1-3-13-15(17)10(2)14(23-13)7-18-5-4-6-19-16-20-11-8-22-9-12(11)21-16/h3,8-9,18H,1,4-7H2,2H3,(H2,19,20,21). The largest absolute Gasteiger partial charge is 0.356 e. The lowest BCUT2D eigenvalue weighted by Crippen LogP contribution is -2.17. The summed E-state index contributed by atoms with van der Waals surface area (Å²) in [6.07, 6.45) is 2.96. The third kappa shape index (κ3) is 3.85. The molecule has 3 heterocycles. The zero-order chi connectivity index (χ0) is 16.2. The van der Waals surface area contributed by atoms with Gasteiger partial charge in [0.25, 0.3) is 0 Å². The molecule has 0 fully saturated rings. The van der Waals surface area contributed by atoms with Crippen LogP contribution in [0.5, 0.6) is 0 Å². The minimum Gasteiger partial charge on any atom is -0.356 e. The molecule has 0 unspecified atom stereocenters. The average molecular weight is 411 g/mol. The fraction of sp³-hybridized carbons (Fsp3) is 0.312. The Labute approximate surface area is 152 Å². The maximum Gasteiger partial charge on any atom is 0.201 e. The van der Waals surface area contributed by atoms with Crippen LogP contribution in [-0.4, -0.2) is 23.1 Å². The number of H-pyrrole nitrogens is 1. The van der Waals surface area contributed by atoms with E-state index in [2.05, 4.69) is 60.8 Å². The summed E-state index contributed by atoms with van der Waals surface area (Å²) in [6, 6.07) is 0. The Balaban J connectivity index is 1.38. The van der Waals surface area contributed by atoms with Crippen LogP contribution in [0, 0.1) is 6.92 Å². The van der Waals surface area contributed by atoms with Crippen molar-refractivity contribution in [3.8, 4) is 0 Å². The second-order valence-corrected chi connectivity index (χ2v) is 7.92. The molecule has 3 aromatic heterocycles. The highest BCUT2D eigenvalue weighted by molar-refractivity contribution is 9.10. The van der Waals surface area contributed by atoms with Gasteiger partial charge in [-0.2, -0.15) is 0 Å². The molecule has 0 aromatic carbocycles. The van der Waals surface area contributed by atoms with Crippen LogP contribution < -0.4 is 10.6 Å². The molecule has 0 radical (unpaired) electrons. The van der Waals surface area contributed by atoms with Crippen LogP contribution in [0.2, 0.25) is 0 Å². The average Bonchev–Trinajstić information content (AvgIpc) is 3.19. The summed E-state index contributed by atoms with van der Waals surface area (Å²) >= 11 is 7.08. The summed E-state index contributed by atoms with van der Waals surface area (Å²) in [4.78, 5) is 10.3. The number of imidazole rings is 1. The van der Waals surface area contributed by atoms with Crippen molar-refractivity contribution >= 4 is 61.7 Å². The first kappa shape index (κ1) is 16.7. The molecule has 0 atom stereocenters. The summed E-state index contributed by atoms with van der Waals surface area (Å²) in [5.74, 6) is 0.858. The number of nitrogens with one attached hydrogen (secondary N) is 3. The van der Waals surface area contributed by atoms with Crippen LogP contribution in [0.3, 0.4) is 0 Å². The van der Waals surface area contributed by atoms with E-state index in [0.29, 0.717) is 0 Å². The molecule has 4 nitrogen and oxygen atoms in total. The van der Waals surface area contributed by atoms with E-state index in [4.69, 9.17) is 0 Å². The molecule has 3 N–H and O–H groups in total. The molecule has 0 aliphatic heterocycles. The van der Waals surface area contributed by atoms with Crippen LogP contribution in [0.1, 0.15) is 21.7 Å². The number of anilines is 1. The van der Waals surface area contributed by atoms with Crippen molar-refractivity contribution < 1.29 is 0 Å². The van der Waals surface area contributed by atoms with Crippen molar-refractivity contribution in [2.24, 2.45) is 0 Å². The molecule has 0 bridgehead atoms. The van der Waals surface area contributed by atoms with Gasteiger partial charge in [-0.1, -0.05) is 12.7 Å². The van der Waals surface area contributed by atoms with Crippen LogP contribution in [0.15, 0.2) is 21.8 Å². The number of nitrogens with zero attached hydrogens (tertiary/aromatic N) is 1. The quantitative estimate of drug-likeness (QED) is 0.458. The number of thiophene rings is 2. The van der Waals surface area contributed by atoms with Gasteiger partial charge in [-0.3, -0.25) is 0 Å². The molecule has 0 saturated carbocycles. The molecule has 122 valence electrons. The topological polar surface area (TPSA) is 52.7 Å². The summed E-state index contributed by atoms with van der Waals surface area (Å²) in [5.41, 5.74) is 3.45. The molecule has 3 aromatic rings. The summed E-state index contributed by atoms with van der Waals surface area (Å²) in [6.45, 7) is 8.77. The van der Waals surface area contributed by atoms with Crippen LogP contribution >= 0.6 is 38.6 Å². The number of hydrogen-bond donors (Lipinski definition) is 3. The summed E-state index contributed by atoms with van der Waals surface area (Å²) in [7, 11) is 0. The third-order valence-electron chi connectivity index (χ3n) is 3.62. The van der Waals surface area contributed by atoms with Gasteiger partial charge < -0.3 is 15.6 Å². The van der Waals surface area contributed by atoms with Gasteiger partial charge in [0.2, 0.25) is 5.95 Å². The van der Waals surface area contributed by atoms with E-state index < -0.39 is 0 Å². The Hall–Kier alpha value is -1.15. The van der Waals surface area contributed by atoms with Crippen molar-refractivity contribution in [2.45, 2.75) is 19.9 Å². The van der Waals surface area contributed by atoms with E-state index in [1.807, 2.05) is 6.08 Å². The number of rotatable bonds is 8. The first-order chi connectivity index (χ1) is 11.2. The van der Waals surface area contributed by atoms with Gasteiger partial charge in [-0.25, -0.2) is 4.98 Å². The van der Waals surface area contributed by atoms with Gasteiger partial charge in [0.1, 0.15) is 5.52 Å². The first-order valence-corrected chi connectivity index (χ1v) is 10.0. The zero-order valence-electron chi connectivity index (χ0n) is 12.9. The summed E-state index contributed by atoms with van der Waals surface area (Å²) in [5, 5.41) is 11.0. The first-order valence-electron chi connectivity index (χ1n) is 7.45. The molecule has 23 heavy (non-hydrogen) atoms. The normalized spacial score (nSPS) is 11.2. The number of hydrogen-bond acceptors (Lipinski definition) is 5. The highest BCUT2D eigenvalue weighted by atomic mass is 79.9. The fourth-order valence-corrected chi connectivity index (χ4v) is 4.80. The third-order valence-corrected chi connectivity index (χ3v) is 6.92. The van der Waals surface area contributed by atoms with Crippen LogP contribution in [0.4, 0.5) is 5.95 Å². The van der Waals surface area contributed by atoms with Gasteiger partial charge in [0.05, 0.1) is 5.52 Å². The fourth-order valence-electron chi connectivity index (χ4n) is 2.31. The predicted molar refractivity (Wildman–Crippen MR) is 106 cm³/mol. The van der Waals surface area contributed by atoms with Crippen LogP contribution in [-0.2, 0) is 6.54 Å². The van der Waals surface area contributed by atoms with Crippen molar-refractivity contribution in [1.82, 2.24) is 15.3 Å². The minimum absolute atomic E-state index is 0.858. The number of aromatic nitrogens is 2. The number of fused-ring (bicyclic) bond motifs is 1. The number of aromatic amines is 1. The second kappa shape index (κ2) is 7.61. The maximum absolute atomic E-state index is 4.48. The Morgan fingerprint density at radius 2 is 2.26 bits per heavy atom. The molecule has 0 aliphatic carbocycles. The Kier molecular flexibility index (Phi) is 5.53. The highest BCUT2D eigenvalue weighted by Gasteiger charge is 2.10. The van der Waals surface area contributed by atoms with Gasteiger partial charge >= 0.3 is 0 Å². The monoisotopic (exact) mass is 410 g/mol. The van der Waals surface area contributed by atoms with Crippen molar-refractivity contribution in [2.75, 3.05) is 18.4 Å². The second-order valence-electron chi connectivity index (χ2n) is 5.25. The molecule has 0 saturated heterocycles. The molecule has 0 aliphatic rings. The van der Waals surface area contributed by atoms with E-state index in [1.54, 1.807) is 22.7 Å². The van der Waals surface area contributed by atoms with Crippen LogP contribution in [0.25, 0.3) is 17.1 Å². The minimum atomic E-state index is 0.858. The SMILES string of the molecule is C=Cc1sc(CNCCCNc2nc3cscc3[nH]2)c(C)c1Br. The van der Waals surface area contributed by atoms with E-state index in [9.17, 15) is 0 Å². The molecule has 0 spiro atoms. The smallest absolute Gasteiger partial charge is 0.201 e. The van der Waals surface area contributed by atoms with E-state index in [0.717, 1.165) is 43.0 Å². The molecule has 3 rings (SSSR count). The van der Waals surface area contributed by atoms with Gasteiger partial charge in [0.15, 0.2) is 0 Å². The van der Waals surface area contributed by atoms with Gasteiger partial charge in [-0.05, 0) is 41.4 Å². The van der Waals surface area contributed by atoms with E-state index in [1.165, 1.54) is 19.8 Å².